The molecule has 0 saturated heterocycles. The highest BCUT2D eigenvalue weighted by atomic mass is 16.6. The van der Waals surface area contributed by atoms with Crippen LogP contribution in [0.15, 0.2) is 0 Å². The summed E-state index contributed by atoms with van der Waals surface area (Å²) in [5, 5.41) is 9.04. The first-order valence-corrected chi connectivity index (χ1v) is 8.66. The van der Waals surface area contributed by atoms with E-state index in [4.69, 9.17) is 24.1 Å². The molecule has 0 aliphatic heterocycles. The van der Waals surface area contributed by atoms with Crippen molar-refractivity contribution in [3.8, 4) is 0 Å². The molecular formula is C17H36O5. The number of ether oxygens (including phenoxy) is 4. The van der Waals surface area contributed by atoms with E-state index in [9.17, 15) is 0 Å². The highest BCUT2D eigenvalue weighted by Gasteiger charge is 2.07. The van der Waals surface area contributed by atoms with Gasteiger partial charge in [-0.3, -0.25) is 0 Å². The molecule has 0 aromatic rings. The van der Waals surface area contributed by atoms with Crippen molar-refractivity contribution in [1.82, 2.24) is 0 Å². The molecule has 0 rings (SSSR count). The van der Waals surface area contributed by atoms with Crippen LogP contribution in [0.25, 0.3) is 0 Å². The minimum Gasteiger partial charge on any atom is -0.391 e. The van der Waals surface area contributed by atoms with Crippen LogP contribution in [0.3, 0.4) is 0 Å². The van der Waals surface area contributed by atoms with E-state index in [1.807, 2.05) is 6.92 Å². The predicted octanol–water partition coefficient (Wildman–Crippen LogP) is 2.79. The van der Waals surface area contributed by atoms with Gasteiger partial charge < -0.3 is 24.1 Å². The molecule has 0 amide bonds. The largest absolute Gasteiger partial charge is 0.391 e. The van der Waals surface area contributed by atoms with Gasteiger partial charge in [0.25, 0.3) is 0 Å². The molecule has 0 spiro atoms. The smallest absolute Gasteiger partial charge is 0.0781 e. The van der Waals surface area contributed by atoms with E-state index in [1.165, 1.54) is 0 Å². The van der Waals surface area contributed by atoms with Crippen molar-refractivity contribution in [3.05, 3.63) is 0 Å². The fraction of sp³-hybridized carbons (Fsp3) is 1.00. The van der Waals surface area contributed by atoms with Gasteiger partial charge in [0.2, 0.25) is 0 Å². The summed E-state index contributed by atoms with van der Waals surface area (Å²) < 4.78 is 22.2. The Hall–Kier alpha value is -0.200. The summed E-state index contributed by atoms with van der Waals surface area (Å²) in [6, 6.07) is 0. The standard InChI is InChI=1S/C17H36O5/c1-5-7-17(8-6-2)22-12-10-20-14-16(4)21-11-9-19-13-15(3)18/h15-18H,5-14H2,1-4H3. The molecule has 5 heteroatoms. The Morgan fingerprint density at radius 2 is 1.32 bits per heavy atom. The first-order chi connectivity index (χ1) is 10.6. The topological polar surface area (TPSA) is 57.2 Å². The number of aliphatic hydroxyl groups excluding tert-OH is 1. The lowest BCUT2D eigenvalue weighted by molar-refractivity contribution is -0.0541. The zero-order valence-electron chi connectivity index (χ0n) is 14.9. The maximum atomic E-state index is 9.04. The van der Waals surface area contributed by atoms with E-state index in [1.54, 1.807) is 6.92 Å². The molecule has 2 unspecified atom stereocenters. The van der Waals surface area contributed by atoms with Crippen molar-refractivity contribution < 1.29 is 24.1 Å². The zero-order valence-corrected chi connectivity index (χ0v) is 14.9. The van der Waals surface area contributed by atoms with Crippen LogP contribution in [0.5, 0.6) is 0 Å². The average Bonchev–Trinajstić information content (AvgIpc) is 2.46. The Balaban J connectivity index is 3.41. The molecule has 22 heavy (non-hydrogen) atoms. The van der Waals surface area contributed by atoms with E-state index in [0.29, 0.717) is 45.7 Å². The lowest BCUT2D eigenvalue weighted by Crippen LogP contribution is -2.22. The van der Waals surface area contributed by atoms with Crippen molar-refractivity contribution in [1.29, 1.82) is 0 Å². The lowest BCUT2D eigenvalue weighted by Gasteiger charge is -2.17. The minimum absolute atomic E-state index is 0.0391. The summed E-state index contributed by atoms with van der Waals surface area (Å²) in [7, 11) is 0. The Bertz CT molecular complexity index is 217. The second-order valence-corrected chi connectivity index (χ2v) is 5.75. The molecule has 0 fully saturated rings. The quantitative estimate of drug-likeness (QED) is 0.443. The first kappa shape index (κ1) is 21.8. The van der Waals surface area contributed by atoms with Gasteiger partial charge in [-0.25, -0.2) is 0 Å². The number of hydrogen-bond acceptors (Lipinski definition) is 5. The van der Waals surface area contributed by atoms with E-state index in [-0.39, 0.29) is 6.10 Å². The Labute approximate surface area is 136 Å². The summed E-state index contributed by atoms with van der Waals surface area (Å²) in [4.78, 5) is 0. The average molecular weight is 320 g/mol. The van der Waals surface area contributed by atoms with E-state index >= 15 is 0 Å². The molecular weight excluding hydrogens is 284 g/mol. The van der Waals surface area contributed by atoms with Crippen LogP contribution >= 0.6 is 0 Å². The third-order valence-corrected chi connectivity index (χ3v) is 3.14. The summed E-state index contributed by atoms with van der Waals surface area (Å²) in [6.07, 6.45) is 4.56. The second-order valence-electron chi connectivity index (χ2n) is 5.75. The fourth-order valence-electron chi connectivity index (χ4n) is 2.09. The highest BCUT2D eigenvalue weighted by Crippen LogP contribution is 2.08. The predicted molar refractivity (Wildman–Crippen MR) is 88.3 cm³/mol. The van der Waals surface area contributed by atoms with Gasteiger partial charge in [-0.05, 0) is 26.7 Å². The van der Waals surface area contributed by atoms with Gasteiger partial charge in [0.05, 0.1) is 58.0 Å². The van der Waals surface area contributed by atoms with Gasteiger partial charge in [-0.1, -0.05) is 26.7 Å². The molecule has 0 aliphatic carbocycles. The molecule has 0 aromatic heterocycles. The fourth-order valence-corrected chi connectivity index (χ4v) is 2.09. The molecule has 0 heterocycles. The summed E-state index contributed by atoms with van der Waals surface area (Å²) in [6.45, 7) is 11.2. The number of hydrogen-bond donors (Lipinski definition) is 1. The molecule has 5 nitrogen and oxygen atoms in total. The monoisotopic (exact) mass is 320 g/mol. The molecule has 2 atom stereocenters. The third-order valence-electron chi connectivity index (χ3n) is 3.14. The Morgan fingerprint density at radius 1 is 0.773 bits per heavy atom. The van der Waals surface area contributed by atoms with Gasteiger partial charge in [0, 0.05) is 0 Å². The Kier molecular flexibility index (Phi) is 15.5. The molecule has 0 bridgehead atoms. The first-order valence-electron chi connectivity index (χ1n) is 8.66. The van der Waals surface area contributed by atoms with Crippen molar-refractivity contribution in [2.75, 3.05) is 39.6 Å². The van der Waals surface area contributed by atoms with Crippen LogP contribution in [0.1, 0.15) is 53.4 Å². The van der Waals surface area contributed by atoms with Gasteiger partial charge in [-0.15, -0.1) is 0 Å². The van der Waals surface area contributed by atoms with E-state index in [0.717, 1.165) is 25.7 Å². The normalized spacial score (nSPS) is 14.5. The van der Waals surface area contributed by atoms with Crippen LogP contribution in [0.2, 0.25) is 0 Å². The summed E-state index contributed by atoms with van der Waals surface area (Å²) >= 11 is 0. The van der Waals surface area contributed by atoms with Gasteiger partial charge in [0.1, 0.15) is 0 Å². The van der Waals surface area contributed by atoms with Crippen LogP contribution < -0.4 is 0 Å². The van der Waals surface area contributed by atoms with E-state index < -0.39 is 6.10 Å². The molecule has 0 saturated carbocycles. The maximum Gasteiger partial charge on any atom is 0.0781 e. The van der Waals surface area contributed by atoms with Crippen LogP contribution in [-0.2, 0) is 18.9 Å². The van der Waals surface area contributed by atoms with Crippen molar-refractivity contribution in [2.24, 2.45) is 0 Å². The third kappa shape index (κ3) is 14.7. The zero-order chi connectivity index (χ0) is 16.6. The molecule has 0 aromatic carbocycles. The van der Waals surface area contributed by atoms with Crippen LogP contribution in [0, 0.1) is 0 Å². The second kappa shape index (κ2) is 15.7. The maximum absolute atomic E-state index is 9.04. The highest BCUT2D eigenvalue weighted by molar-refractivity contribution is 4.56. The van der Waals surface area contributed by atoms with Gasteiger partial charge in [-0.2, -0.15) is 0 Å². The Morgan fingerprint density at radius 3 is 1.86 bits per heavy atom. The lowest BCUT2D eigenvalue weighted by atomic mass is 10.1. The molecule has 0 radical (unpaired) electrons. The summed E-state index contributed by atoms with van der Waals surface area (Å²) in [5.74, 6) is 0. The molecule has 1 N–H and O–H groups in total. The van der Waals surface area contributed by atoms with E-state index in [2.05, 4.69) is 13.8 Å². The SMILES string of the molecule is CCCC(CCC)OCCOCC(C)OCCOCC(C)O. The summed E-state index contributed by atoms with van der Waals surface area (Å²) in [5.41, 5.74) is 0. The van der Waals surface area contributed by atoms with Gasteiger partial charge >= 0.3 is 0 Å². The molecule has 134 valence electrons. The minimum atomic E-state index is -0.426. The van der Waals surface area contributed by atoms with Crippen molar-refractivity contribution in [3.63, 3.8) is 0 Å². The molecule has 0 aliphatic rings. The van der Waals surface area contributed by atoms with Crippen LogP contribution in [-0.4, -0.2) is 63.1 Å². The van der Waals surface area contributed by atoms with Crippen molar-refractivity contribution >= 4 is 0 Å². The number of aliphatic hydroxyl groups is 1. The number of rotatable bonds is 16. The van der Waals surface area contributed by atoms with Gasteiger partial charge in [0.15, 0.2) is 0 Å². The van der Waals surface area contributed by atoms with Crippen LogP contribution in [0.4, 0.5) is 0 Å². The van der Waals surface area contributed by atoms with Crippen molar-refractivity contribution in [2.45, 2.75) is 71.7 Å².